The minimum absolute atomic E-state index is 0.104. The minimum Gasteiger partial charge on any atom is -0.374 e. The Kier molecular flexibility index (Phi) is 4.77. The van der Waals surface area contributed by atoms with Crippen molar-refractivity contribution in [2.75, 3.05) is 18.4 Å². The quantitative estimate of drug-likeness (QED) is 0.711. The van der Waals surface area contributed by atoms with Gasteiger partial charge in [0.2, 0.25) is 5.91 Å². The molecule has 4 rings (SSSR count). The number of carbonyl (C=O) groups is 1. The second kappa shape index (κ2) is 7.27. The van der Waals surface area contributed by atoms with Crippen LogP contribution in [0.3, 0.4) is 0 Å². The first-order chi connectivity index (χ1) is 13.8. The van der Waals surface area contributed by atoms with Crippen molar-refractivity contribution in [2.24, 2.45) is 0 Å². The van der Waals surface area contributed by atoms with Gasteiger partial charge in [-0.15, -0.1) is 0 Å². The van der Waals surface area contributed by atoms with Crippen molar-refractivity contribution >= 4 is 22.5 Å². The van der Waals surface area contributed by atoms with Crippen LogP contribution < -0.4 is 10.9 Å². The zero-order valence-corrected chi connectivity index (χ0v) is 16.1. The molecule has 0 spiro atoms. The monoisotopic (exact) mass is 398 g/mol. The summed E-state index contributed by atoms with van der Waals surface area (Å²) in [6.45, 7) is 4.11. The zero-order chi connectivity index (χ0) is 20.7. The molecule has 2 N–H and O–H groups in total. The van der Waals surface area contributed by atoms with Gasteiger partial charge < -0.3 is 15.2 Å². The van der Waals surface area contributed by atoms with E-state index >= 15 is 0 Å². The van der Waals surface area contributed by atoms with E-state index in [4.69, 9.17) is 0 Å². The number of benzene rings is 2. The highest BCUT2D eigenvalue weighted by molar-refractivity contribution is 5.85. The molecule has 8 heteroatoms. The van der Waals surface area contributed by atoms with Crippen molar-refractivity contribution in [1.29, 1.82) is 0 Å². The molecule has 0 radical (unpaired) electrons. The van der Waals surface area contributed by atoms with E-state index < -0.39 is 11.4 Å². The molecule has 2 aromatic carbocycles. The maximum Gasteiger partial charge on any atom is 0.258 e. The molecule has 150 valence electrons. The highest BCUT2D eigenvalue weighted by Gasteiger charge is 2.29. The van der Waals surface area contributed by atoms with E-state index in [2.05, 4.69) is 15.3 Å². The molecule has 1 aliphatic rings. The van der Waals surface area contributed by atoms with Gasteiger partial charge >= 0.3 is 0 Å². The van der Waals surface area contributed by atoms with Gasteiger partial charge in [-0.2, -0.15) is 0 Å². The van der Waals surface area contributed by atoms with E-state index in [0.717, 1.165) is 22.8 Å². The van der Waals surface area contributed by atoms with Crippen molar-refractivity contribution in [3.63, 3.8) is 0 Å². The number of halogens is 2. The third kappa shape index (κ3) is 3.46. The van der Waals surface area contributed by atoms with Gasteiger partial charge in [0.25, 0.3) is 5.56 Å². The lowest BCUT2D eigenvalue weighted by molar-refractivity contribution is -0.131. The van der Waals surface area contributed by atoms with Crippen molar-refractivity contribution < 1.29 is 13.6 Å². The molecular formula is C21H20F2N4O2. The van der Waals surface area contributed by atoms with Crippen LogP contribution >= 0.6 is 0 Å². The predicted octanol–water partition coefficient (Wildman–Crippen LogP) is 3.07. The summed E-state index contributed by atoms with van der Waals surface area (Å²) < 4.78 is 28.0. The molecule has 6 nitrogen and oxygen atoms in total. The molecule has 0 saturated carbocycles. The van der Waals surface area contributed by atoms with E-state index in [1.807, 2.05) is 13.8 Å². The lowest BCUT2D eigenvalue weighted by Gasteiger charge is -2.36. The molecule has 1 aliphatic heterocycles. The van der Waals surface area contributed by atoms with Crippen LogP contribution in [-0.2, 0) is 11.2 Å². The Morgan fingerprint density at radius 1 is 1.31 bits per heavy atom. The minimum atomic E-state index is -0.632. The fourth-order valence-corrected chi connectivity index (χ4v) is 4.06. The maximum absolute atomic E-state index is 14.4. The van der Waals surface area contributed by atoms with Gasteiger partial charge in [0.15, 0.2) is 0 Å². The van der Waals surface area contributed by atoms with Crippen molar-refractivity contribution in [3.8, 4) is 0 Å². The summed E-state index contributed by atoms with van der Waals surface area (Å²) in [6.07, 6.45) is 1.82. The summed E-state index contributed by atoms with van der Waals surface area (Å²) in [7, 11) is 0. The van der Waals surface area contributed by atoms with Gasteiger partial charge in [0.1, 0.15) is 11.6 Å². The van der Waals surface area contributed by atoms with E-state index in [1.165, 1.54) is 24.5 Å². The molecule has 29 heavy (non-hydrogen) atoms. The summed E-state index contributed by atoms with van der Waals surface area (Å²) >= 11 is 0. The molecule has 0 bridgehead atoms. The lowest BCUT2D eigenvalue weighted by atomic mass is 9.89. The second-order valence-corrected chi connectivity index (χ2v) is 7.24. The van der Waals surface area contributed by atoms with Crippen molar-refractivity contribution in [3.05, 3.63) is 69.3 Å². The topological polar surface area (TPSA) is 78.1 Å². The Bertz CT molecular complexity index is 1180. The smallest absolute Gasteiger partial charge is 0.258 e. The summed E-state index contributed by atoms with van der Waals surface area (Å²) in [5.74, 6) is -1.09. The van der Waals surface area contributed by atoms with Gasteiger partial charge in [0, 0.05) is 6.54 Å². The number of nitrogens with one attached hydrogen (secondary N) is 2. The Balaban J connectivity index is 1.52. The summed E-state index contributed by atoms with van der Waals surface area (Å²) in [4.78, 5) is 32.7. The first-order valence-corrected chi connectivity index (χ1v) is 9.34. The molecule has 2 heterocycles. The number of hydrogen-bond acceptors (Lipinski definition) is 4. The number of rotatable bonds is 3. The first kappa shape index (κ1) is 19.0. The summed E-state index contributed by atoms with van der Waals surface area (Å²) in [5.41, 5.74) is 2.71. The molecular weight excluding hydrogens is 378 g/mol. The Morgan fingerprint density at radius 2 is 2.10 bits per heavy atom. The zero-order valence-electron chi connectivity index (χ0n) is 16.1. The van der Waals surface area contributed by atoms with Crippen LogP contribution in [-0.4, -0.2) is 33.9 Å². The maximum atomic E-state index is 14.4. The van der Waals surface area contributed by atoms with Crippen LogP contribution in [0.25, 0.3) is 10.9 Å². The standard InChI is InChI=1S/C21H20F2N4O2/c1-11-5-14(22)6-13-3-4-27(12(2)20(11)13)19(28)9-24-18-8-17-15(7-16(18)23)21(29)26-10-25-17/h5-8,10,12,24H,3-4,9H2,1-2H3,(H,25,26,29). The normalized spacial score (nSPS) is 16.0. The van der Waals surface area contributed by atoms with Crippen molar-refractivity contribution in [2.45, 2.75) is 26.3 Å². The number of anilines is 1. The average Bonchev–Trinajstić information content (AvgIpc) is 2.66. The molecule has 1 aromatic heterocycles. The number of nitrogens with zero attached hydrogens (tertiary/aromatic N) is 2. The number of fused-ring (bicyclic) bond motifs is 2. The van der Waals surface area contributed by atoms with E-state index in [1.54, 1.807) is 4.90 Å². The summed E-state index contributed by atoms with van der Waals surface area (Å²) in [5, 5.41) is 2.96. The molecule has 1 unspecified atom stereocenters. The molecule has 3 aromatic rings. The largest absolute Gasteiger partial charge is 0.374 e. The van der Waals surface area contributed by atoms with Crippen LogP contribution in [0.5, 0.6) is 0 Å². The van der Waals surface area contributed by atoms with Gasteiger partial charge in [-0.05, 0) is 61.2 Å². The van der Waals surface area contributed by atoms with Crippen molar-refractivity contribution in [1.82, 2.24) is 14.9 Å². The van der Waals surface area contributed by atoms with Crippen LogP contribution in [0.1, 0.15) is 29.7 Å². The van der Waals surface area contributed by atoms with E-state index in [0.29, 0.717) is 18.5 Å². The summed E-state index contributed by atoms with van der Waals surface area (Å²) in [6, 6.07) is 5.31. The fraction of sp³-hybridized carbons (Fsp3) is 0.286. The first-order valence-electron chi connectivity index (χ1n) is 9.34. The number of amides is 1. The fourth-order valence-electron chi connectivity index (χ4n) is 4.06. The van der Waals surface area contributed by atoms with Gasteiger partial charge in [0.05, 0.1) is 35.5 Å². The highest BCUT2D eigenvalue weighted by atomic mass is 19.1. The lowest BCUT2D eigenvalue weighted by Crippen LogP contribution is -2.42. The Morgan fingerprint density at radius 3 is 2.90 bits per heavy atom. The third-order valence-electron chi connectivity index (χ3n) is 5.42. The molecule has 0 aliphatic carbocycles. The van der Waals surface area contributed by atoms with Crippen LogP contribution in [0.4, 0.5) is 14.5 Å². The number of hydrogen-bond donors (Lipinski definition) is 2. The van der Waals surface area contributed by atoms with Gasteiger partial charge in [-0.25, -0.2) is 13.8 Å². The number of carbonyl (C=O) groups excluding carboxylic acids is 1. The third-order valence-corrected chi connectivity index (χ3v) is 5.42. The van der Waals surface area contributed by atoms with Gasteiger partial charge in [-0.1, -0.05) is 0 Å². The Hall–Kier alpha value is -3.29. The van der Waals surface area contributed by atoms with E-state index in [9.17, 15) is 18.4 Å². The van der Waals surface area contributed by atoms with E-state index in [-0.39, 0.29) is 35.4 Å². The SMILES string of the molecule is Cc1cc(F)cc2c1C(C)N(C(=O)CNc1cc3nc[nH]c(=O)c3cc1F)CC2. The predicted molar refractivity (Wildman–Crippen MR) is 106 cm³/mol. The van der Waals surface area contributed by atoms with Crippen LogP contribution in [0, 0.1) is 18.6 Å². The second-order valence-electron chi connectivity index (χ2n) is 7.24. The number of aromatic nitrogens is 2. The highest BCUT2D eigenvalue weighted by Crippen LogP contribution is 2.32. The molecule has 1 amide bonds. The number of H-pyrrole nitrogens is 1. The Labute approximate surface area is 165 Å². The van der Waals surface area contributed by atoms with Crippen LogP contribution in [0.2, 0.25) is 0 Å². The number of aryl methyl sites for hydroxylation is 1. The average molecular weight is 398 g/mol. The molecule has 1 atom stereocenters. The molecule has 0 fully saturated rings. The molecule has 0 saturated heterocycles. The number of aromatic amines is 1. The van der Waals surface area contributed by atoms with Gasteiger partial charge in [-0.3, -0.25) is 9.59 Å². The van der Waals surface area contributed by atoms with Crippen LogP contribution in [0.15, 0.2) is 35.4 Å².